The summed E-state index contributed by atoms with van der Waals surface area (Å²) in [7, 11) is 0. The van der Waals surface area contributed by atoms with Crippen LogP contribution in [-0.2, 0) is 0 Å². The molecule has 4 atom stereocenters. The summed E-state index contributed by atoms with van der Waals surface area (Å²) in [5, 5.41) is 9.62. The predicted molar refractivity (Wildman–Crippen MR) is 55.4 cm³/mol. The van der Waals surface area contributed by atoms with Crippen molar-refractivity contribution in [3.05, 3.63) is 0 Å². The molecule has 0 saturated heterocycles. The van der Waals surface area contributed by atoms with E-state index in [0.29, 0.717) is 11.3 Å². The lowest BCUT2D eigenvalue weighted by molar-refractivity contribution is 0.00456. The quantitative estimate of drug-likeness (QED) is 0.690. The monoisotopic (exact) mass is 185 g/mol. The third-order valence-corrected chi connectivity index (χ3v) is 3.80. The molecule has 13 heavy (non-hydrogen) atoms. The van der Waals surface area contributed by atoms with E-state index in [4.69, 9.17) is 5.73 Å². The standard InChI is InChI=1S/C11H23NO/c1-4-5-11(3)7-9(12)10(13)6-8(11)2/h8-10,13H,4-7,12H2,1-3H3. The zero-order valence-electron chi connectivity index (χ0n) is 9.09. The third-order valence-electron chi connectivity index (χ3n) is 3.80. The minimum atomic E-state index is -0.278. The van der Waals surface area contributed by atoms with E-state index in [2.05, 4.69) is 20.8 Å². The molecule has 0 heterocycles. The summed E-state index contributed by atoms with van der Waals surface area (Å²) in [6, 6.07) is -0.00671. The summed E-state index contributed by atoms with van der Waals surface area (Å²) in [6.45, 7) is 6.77. The van der Waals surface area contributed by atoms with Crippen molar-refractivity contribution >= 4 is 0 Å². The first-order valence-electron chi connectivity index (χ1n) is 5.43. The highest BCUT2D eigenvalue weighted by Crippen LogP contribution is 2.43. The first kappa shape index (κ1) is 11.0. The van der Waals surface area contributed by atoms with Crippen LogP contribution in [0.1, 0.15) is 46.5 Å². The van der Waals surface area contributed by atoms with Gasteiger partial charge in [-0.05, 0) is 30.6 Å². The maximum Gasteiger partial charge on any atom is 0.0694 e. The molecule has 0 radical (unpaired) electrons. The smallest absolute Gasteiger partial charge is 0.0694 e. The Hall–Kier alpha value is -0.0800. The van der Waals surface area contributed by atoms with Crippen molar-refractivity contribution in [2.45, 2.75) is 58.6 Å². The van der Waals surface area contributed by atoms with Crippen LogP contribution in [0.15, 0.2) is 0 Å². The lowest BCUT2D eigenvalue weighted by Crippen LogP contribution is -2.48. The molecule has 0 aromatic rings. The second kappa shape index (κ2) is 3.97. The molecule has 0 aliphatic heterocycles. The summed E-state index contributed by atoms with van der Waals surface area (Å²) in [6.07, 6.45) is 4.01. The summed E-state index contributed by atoms with van der Waals surface area (Å²) >= 11 is 0. The van der Waals surface area contributed by atoms with Gasteiger partial charge in [-0.2, -0.15) is 0 Å². The second-order valence-corrected chi connectivity index (χ2v) is 4.98. The first-order valence-corrected chi connectivity index (χ1v) is 5.43. The number of hydrogen-bond acceptors (Lipinski definition) is 2. The molecular weight excluding hydrogens is 162 g/mol. The van der Waals surface area contributed by atoms with Crippen LogP contribution in [0, 0.1) is 11.3 Å². The zero-order valence-corrected chi connectivity index (χ0v) is 9.09. The predicted octanol–water partition coefficient (Wildman–Crippen LogP) is 1.91. The van der Waals surface area contributed by atoms with E-state index >= 15 is 0 Å². The molecule has 2 heteroatoms. The van der Waals surface area contributed by atoms with Gasteiger partial charge in [-0.1, -0.05) is 27.2 Å². The fourth-order valence-corrected chi connectivity index (χ4v) is 2.62. The highest BCUT2D eigenvalue weighted by atomic mass is 16.3. The average molecular weight is 185 g/mol. The maximum atomic E-state index is 9.62. The molecular formula is C11H23NO. The zero-order chi connectivity index (χ0) is 10.1. The molecule has 1 aliphatic carbocycles. The Morgan fingerprint density at radius 1 is 1.54 bits per heavy atom. The van der Waals surface area contributed by atoms with Gasteiger partial charge < -0.3 is 10.8 Å². The van der Waals surface area contributed by atoms with Crippen molar-refractivity contribution in [3.63, 3.8) is 0 Å². The summed E-state index contributed by atoms with van der Waals surface area (Å²) in [5.74, 6) is 0.599. The molecule has 1 fully saturated rings. The van der Waals surface area contributed by atoms with E-state index in [1.165, 1.54) is 12.8 Å². The second-order valence-electron chi connectivity index (χ2n) is 4.98. The number of nitrogens with two attached hydrogens (primary N) is 1. The van der Waals surface area contributed by atoms with Crippen LogP contribution < -0.4 is 5.73 Å². The lowest BCUT2D eigenvalue weighted by Gasteiger charge is -2.44. The molecule has 4 unspecified atom stereocenters. The van der Waals surface area contributed by atoms with Gasteiger partial charge in [0.25, 0.3) is 0 Å². The topological polar surface area (TPSA) is 46.2 Å². The van der Waals surface area contributed by atoms with Gasteiger partial charge in [0.2, 0.25) is 0 Å². The number of aliphatic hydroxyl groups excluding tert-OH is 1. The van der Waals surface area contributed by atoms with E-state index in [1.54, 1.807) is 0 Å². The van der Waals surface area contributed by atoms with Crippen LogP contribution in [0.25, 0.3) is 0 Å². The van der Waals surface area contributed by atoms with Crippen molar-refractivity contribution in [1.29, 1.82) is 0 Å². The third kappa shape index (κ3) is 2.23. The first-order chi connectivity index (χ1) is 5.99. The van der Waals surface area contributed by atoms with Gasteiger partial charge in [-0.25, -0.2) is 0 Å². The highest BCUT2D eigenvalue weighted by Gasteiger charge is 2.39. The van der Waals surface area contributed by atoms with E-state index in [1.807, 2.05) is 0 Å². The van der Waals surface area contributed by atoms with Crippen LogP contribution >= 0.6 is 0 Å². The number of aliphatic hydroxyl groups is 1. The van der Waals surface area contributed by atoms with Gasteiger partial charge in [0.15, 0.2) is 0 Å². The fraction of sp³-hybridized carbons (Fsp3) is 1.00. The van der Waals surface area contributed by atoms with Crippen molar-refractivity contribution < 1.29 is 5.11 Å². The van der Waals surface area contributed by atoms with Crippen molar-refractivity contribution in [3.8, 4) is 0 Å². The Kier molecular flexibility index (Phi) is 3.36. The van der Waals surface area contributed by atoms with Crippen molar-refractivity contribution in [2.75, 3.05) is 0 Å². The molecule has 1 rings (SSSR count). The molecule has 1 aliphatic rings. The van der Waals surface area contributed by atoms with Crippen LogP contribution in [0.2, 0.25) is 0 Å². The van der Waals surface area contributed by atoms with Crippen molar-refractivity contribution in [1.82, 2.24) is 0 Å². The van der Waals surface area contributed by atoms with Gasteiger partial charge in [0.05, 0.1) is 6.10 Å². The Balaban J connectivity index is 2.64. The Morgan fingerprint density at radius 2 is 2.15 bits per heavy atom. The Morgan fingerprint density at radius 3 is 2.69 bits per heavy atom. The average Bonchev–Trinajstić information content (AvgIpc) is 2.02. The minimum absolute atomic E-state index is 0.00671. The molecule has 0 aromatic carbocycles. The van der Waals surface area contributed by atoms with Gasteiger partial charge in [0.1, 0.15) is 0 Å². The largest absolute Gasteiger partial charge is 0.392 e. The molecule has 0 spiro atoms. The summed E-state index contributed by atoms with van der Waals surface area (Å²) < 4.78 is 0. The fourth-order valence-electron chi connectivity index (χ4n) is 2.62. The maximum absolute atomic E-state index is 9.62. The van der Waals surface area contributed by atoms with Crippen LogP contribution in [-0.4, -0.2) is 17.3 Å². The highest BCUT2D eigenvalue weighted by molar-refractivity contribution is 4.93. The van der Waals surface area contributed by atoms with E-state index in [-0.39, 0.29) is 12.1 Å². The normalized spacial score (nSPS) is 46.4. The SMILES string of the molecule is CCCC1(C)CC(N)C(O)CC1C. The molecule has 3 N–H and O–H groups in total. The summed E-state index contributed by atoms with van der Waals surface area (Å²) in [5.41, 5.74) is 6.25. The van der Waals surface area contributed by atoms with Gasteiger partial charge in [0, 0.05) is 6.04 Å². The summed E-state index contributed by atoms with van der Waals surface area (Å²) in [4.78, 5) is 0. The Bertz CT molecular complexity index is 171. The van der Waals surface area contributed by atoms with Gasteiger partial charge in [-0.15, -0.1) is 0 Å². The van der Waals surface area contributed by atoms with Crippen LogP contribution in [0.4, 0.5) is 0 Å². The van der Waals surface area contributed by atoms with E-state index in [9.17, 15) is 5.11 Å². The van der Waals surface area contributed by atoms with E-state index in [0.717, 1.165) is 12.8 Å². The molecule has 1 saturated carbocycles. The molecule has 0 amide bonds. The lowest BCUT2D eigenvalue weighted by atomic mass is 9.64. The van der Waals surface area contributed by atoms with E-state index < -0.39 is 0 Å². The molecule has 0 aromatic heterocycles. The molecule has 2 nitrogen and oxygen atoms in total. The van der Waals surface area contributed by atoms with Crippen LogP contribution in [0.5, 0.6) is 0 Å². The molecule has 78 valence electrons. The van der Waals surface area contributed by atoms with Gasteiger partial charge in [-0.3, -0.25) is 0 Å². The van der Waals surface area contributed by atoms with Crippen LogP contribution in [0.3, 0.4) is 0 Å². The number of rotatable bonds is 2. The Labute approximate surface area is 81.5 Å². The minimum Gasteiger partial charge on any atom is -0.392 e. The van der Waals surface area contributed by atoms with Gasteiger partial charge >= 0.3 is 0 Å². The van der Waals surface area contributed by atoms with Crippen molar-refractivity contribution in [2.24, 2.45) is 17.1 Å². The number of hydrogen-bond donors (Lipinski definition) is 2. The molecule has 0 bridgehead atoms.